The number of hydrogen-bond donors (Lipinski definition) is 1. The van der Waals surface area contributed by atoms with E-state index in [1.54, 1.807) is 30.5 Å². The van der Waals surface area contributed by atoms with Crippen molar-refractivity contribution in [3.05, 3.63) is 53.2 Å². The predicted octanol–water partition coefficient (Wildman–Crippen LogP) is 3.68. The first kappa shape index (κ1) is 20.1. The summed E-state index contributed by atoms with van der Waals surface area (Å²) in [5.41, 5.74) is 1.35. The van der Waals surface area contributed by atoms with Crippen LogP contribution < -0.4 is 10.2 Å². The van der Waals surface area contributed by atoms with E-state index in [-0.39, 0.29) is 17.7 Å². The normalized spacial score (nSPS) is 14.7. The number of hydrogen-bond acceptors (Lipinski definition) is 4. The molecular weight excluding hydrogens is 376 g/mol. The maximum atomic E-state index is 12.7. The fraction of sp³-hybridized carbons (Fsp3) is 0.381. The summed E-state index contributed by atoms with van der Waals surface area (Å²) in [5, 5.41) is 3.47. The van der Waals surface area contributed by atoms with Crippen LogP contribution in [-0.2, 0) is 4.79 Å². The van der Waals surface area contributed by atoms with Gasteiger partial charge in [-0.2, -0.15) is 0 Å². The third-order valence-corrected chi connectivity index (χ3v) is 4.99. The van der Waals surface area contributed by atoms with Gasteiger partial charge in [-0.1, -0.05) is 25.4 Å². The van der Waals surface area contributed by atoms with E-state index in [9.17, 15) is 9.59 Å². The second kappa shape index (κ2) is 9.06. The molecule has 1 fully saturated rings. The maximum absolute atomic E-state index is 12.7. The monoisotopic (exact) mass is 400 g/mol. The Morgan fingerprint density at radius 1 is 1.04 bits per heavy atom. The molecular formula is C21H25ClN4O2. The summed E-state index contributed by atoms with van der Waals surface area (Å²) in [6.45, 7) is 6.59. The van der Waals surface area contributed by atoms with Gasteiger partial charge in [-0.3, -0.25) is 9.59 Å². The molecule has 2 heterocycles. The number of anilines is 2. The molecule has 0 atom stereocenters. The molecule has 1 aliphatic heterocycles. The van der Waals surface area contributed by atoms with Crippen molar-refractivity contribution in [3.63, 3.8) is 0 Å². The Kier molecular flexibility index (Phi) is 6.52. The van der Waals surface area contributed by atoms with E-state index in [1.807, 2.05) is 30.9 Å². The molecule has 0 bridgehead atoms. The molecule has 28 heavy (non-hydrogen) atoms. The number of benzene rings is 1. The molecule has 148 valence electrons. The zero-order valence-electron chi connectivity index (χ0n) is 16.2. The van der Waals surface area contributed by atoms with Crippen LogP contribution in [0.2, 0.25) is 5.02 Å². The third-order valence-electron chi connectivity index (χ3n) is 4.74. The first-order valence-electron chi connectivity index (χ1n) is 9.51. The highest BCUT2D eigenvalue weighted by Crippen LogP contribution is 2.18. The number of amides is 2. The number of carbonyl (C=O) groups excluding carboxylic acids is 2. The number of nitrogens with zero attached hydrogens (tertiary/aromatic N) is 3. The van der Waals surface area contributed by atoms with Gasteiger partial charge >= 0.3 is 0 Å². The Bertz CT molecular complexity index is 821. The van der Waals surface area contributed by atoms with Gasteiger partial charge in [0.05, 0.1) is 11.9 Å². The van der Waals surface area contributed by atoms with Gasteiger partial charge in [0.25, 0.3) is 5.91 Å². The van der Waals surface area contributed by atoms with Gasteiger partial charge in [0.1, 0.15) is 5.82 Å². The minimum atomic E-state index is -0.0746. The Morgan fingerprint density at radius 2 is 1.79 bits per heavy atom. The first-order valence-corrected chi connectivity index (χ1v) is 9.88. The molecule has 1 aromatic carbocycles. The van der Waals surface area contributed by atoms with Crippen molar-refractivity contribution >= 4 is 34.9 Å². The first-order chi connectivity index (χ1) is 13.4. The average molecular weight is 401 g/mol. The molecule has 0 unspecified atom stereocenters. The molecule has 0 aliphatic carbocycles. The van der Waals surface area contributed by atoms with Crippen LogP contribution in [0.4, 0.5) is 11.5 Å². The van der Waals surface area contributed by atoms with Gasteiger partial charge in [0.2, 0.25) is 5.91 Å². The van der Waals surface area contributed by atoms with Crippen LogP contribution in [0.15, 0.2) is 42.6 Å². The van der Waals surface area contributed by atoms with Crippen LogP contribution in [-0.4, -0.2) is 47.9 Å². The average Bonchev–Trinajstić information content (AvgIpc) is 2.95. The zero-order chi connectivity index (χ0) is 20.1. The van der Waals surface area contributed by atoms with Crippen molar-refractivity contribution in [3.8, 4) is 0 Å². The van der Waals surface area contributed by atoms with Gasteiger partial charge in [0, 0.05) is 42.7 Å². The molecule has 1 aliphatic rings. The lowest BCUT2D eigenvalue weighted by Gasteiger charge is -2.23. The van der Waals surface area contributed by atoms with E-state index in [1.165, 1.54) is 0 Å². The summed E-state index contributed by atoms with van der Waals surface area (Å²) in [5.74, 6) is 0.775. The highest BCUT2D eigenvalue weighted by Gasteiger charge is 2.21. The number of pyridine rings is 1. The van der Waals surface area contributed by atoms with Crippen molar-refractivity contribution < 1.29 is 9.59 Å². The van der Waals surface area contributed by atoms with Crippen LogP contribution in [0, 0.1) is 5.92 Å². The van der Waals surface area contributed by atoms with Crippen molar-refractivity contribution in [2.45, 2.75) is 20.3 Å². The lowest BCUT2D eigenvalue weighted by Crippen LogP contribution is -2.35. The number of carbonyl (C=O) groups is 2. The van der Waals surface area contributed by atoms with Crippen LogP contribution >= 0.6 is 11.6 Å². The van der Waals surface area contributed by atoms with Gasteiger partial charge in [-0.05, 0) is 42.8 Å². The minimum absolute atomic E-state index is 0.0261. The minimum Gasteiger partial charge on any atom is -0.355 e. The van der Waals surface area contributed by atoms with Gasteiger partial charge < -0.3 is 15.1 Å². The Morgan fingerprint density at radius 3 is 2.43 bits per heavy atom. The van der Waals surface area contributed by atoms with E-state index in [4.69, 9.17) is 11.6 Å². The van der Waals surface area contributed by atoms with Crippen LogP contribution in [0.1, 0.15) is 30.6 Å². The predicted molar refractivity (Wildman–Crippen MR) is 112 cm³/mol. The number of rotatable bonds is 4. The quantitative estimate of drug-likeness (QED) is 0.850. The molecule has 1 aromatic heterocycles. The van der Waals surface area contributed by atoms with E-state index < -0.39 is 0 Å². The summed E-state index contributed by atoms with van der Waals surface area (Å²) >= 11 is 5.91. The zero-order valence-corrected chi connectivity index (χ0v) is 16.9. The lowest BCUT2D eigenvalue weighted by molar-refractivity contribution is -0.118. The Balaban J connectivity index is 1.61. The van der Waals surface area contributed by atoms with Crippen LogP contribution in [0.5, 0.6) is 0 Å². The molecule has 0 radical (unpaired) electrons. The lowest BCUT2D eigenvalue weighted by atomic mass is 10.2. The highest BCUT2D eigenvalue weighted by molar-refractivity contribution is 6.30. The fourth-order valence-electron chi connectivity index (χ4n) is 3.06. The fourth-order valence-corrected chi connectivity index (χ4v) is 3.18. The second-order valence-electron chi connectivity index (χ2n) is 7.19. The topological polar surface area (TPSA) is 65.5 Å². The van der Waals surface area contributed by atoms with Crippen molar-refractivity contribution in [1.82, 2.24) is 9.88 Å². The number of halogens is 1. The molecule has 7 heteroatoms. The smallest absolute Gasteiger partial charge is 0.253 e. The van der Waals surface area contributed by atoms with E-state index in [0.29, 0.717) is 35.9 Å². The van der Waals surface area contributed by atoms with E-state index in [2.05, 4.69) is 15.2 Å². The van der Waals surface area contributed by atoms with E-state index >= 15 is 0 Å². The second-order valence-corrected chi connectivity index (χ2v) is 7.63. The number of aromatic nitrogens is 1. The number of nitrogens with one attached hydrogen (secondary N) is 1. The summed E-state index contributed by atoms with van der Waals surface area (Å²) in [6.07, 6.45) is 2.55. The maximum Gasteiger partial charge on any atom is 0.253 e. The standard InChI is InChI=1S/C21H25ClN4O2/c1-15(2)20(27)24-18-8-9-19(23-14-18)25-10-3-11-26(13-12-25)21(28)16-4-6-17(22)7-5-16/h4-9,14-15H,3,10-13H2,1-2H3,(H,24,27). The highest BCUT2D eigenvalue weighted by atomic mass is 35.5. The molecule has 3 rings (SSSR count). The summed E-state index contributed by atoms with van der Waals surface area (Å²) in [6, 6.07) is 10.8. The van der Waals surface area contributed by atoms with Crippen molar-refractivity contribution in [2.24, 2.45) is 5.92 Å². The Hall–Kier alpha value is -2.60. The molecule has 1 saturated heterocycles. The summed E-state index contributed by atoms with van der Waals surface area (Å²) in [4.78, 5) is 33.0. The summed E-state index contributed by atoms with van der Waals surface area (Å²) in [7, 11) is 0. The molecule has 0 spiro atoms. The van der Waals surface area contributed by atoms with Crippen molar-refractivity contribution in [2.75, 3.05) is 36.4 Å². The Labute approximate surface area is 170 Å². The van der Waals surface area contributed by atoms with Gasteiger partial charge in [-0.15, -0.1) is 0 Å². The van der Waals surface area contributed by atoms with Gasteiger partial charge in [-0.25, -0.2) is 4.98 Å². The summed E-state index contributed by atoms with van der Waals surface area (Å²) < 4.78 is 0. The van der Waals surface area contributed by atoms with Crippen LogP contribution in [0.3, 0.4) is 0 Å². The largest absolute Gasteiger partial charge is 0.355 e. The third kappa shape index (κ3) is 5.01. The molecule has 0 saturated carbocycles. The van der Waals surface area contributed by atoms with Crippen molar-refractivity contribution in [1.29, 1.82) is 0 Å². The van der Waals surface area contributed by atoms with Gasteiger partial charge in [0.15, 0.2) is 0 Å². The van der Waals surface area contributed by atoms with E-state index in [0.717, 1.165) is 18.8 Å². The van der Waals surface area contributed by atoms with Crippen LogP contribution in [0.25, 0.3) is 0 Å². The molecule has 6 nitrogen and oxygen atoms in total. The molecule has 2 aromatic rings. The SMILES string of the molecule is CC(C)C(=O)Nc1ccc(N2CCCN(C(=O)c3ccc(Cl)cc3)CC2)nc1. The molecule has 2 amide bonds. The molecule has 1 N–H and O–H groups in total.